The van der Waals surface area contributed by atoms with E-state index >= 15 is 0 Å². The second-order valence-corrected chi connectivity index (χ2v) is 5.27. The molecule has 1 aromatic rings. The maximum absolute atomic E-state index is 12.1. The summed E-state index contributed by atoms with van der Waals surface area (Å²) in [5, 5.41) is 2.22. The van der Waals surface area contributed by atoms with Gasteiger partial charge in [-0.05, 0) is 26.3 Å². The van der Waals surface area contributed by atoms with Crippen LogP contribution in [0.3, 0.4) is 0 Å². The van der Waals surface area contributed by atoms with Crippen molar-refractivity contribution in [3.8, 4) is 0 Å². The lowest BCUT2D eigenvalue weighted by atomic mass is 10.1. The summed E-state index contributed by atoms with van der Waals surface area (Å²) in [6.45, 7) is 5.12. The minimum atomic E-state index is -4.59. The van der Waals surface area contributed by atoms with E-state index in [1.165, 1.54) is 0 Å². The smallest absolute Gasteiger partial charge is 0.397 e. The maximum atomic E-state index is 12.1. The minimum Gasteiger partial charge on any atom is -0.462 e. The third-order valence-corrected chi connectivity index (χ3v) is 3.60. The number of halogens is 3. The molecule has 0 saturated heterocycles. The molecule has 0 saturated carbocycles. The van der Waals surface area contributed by atoms with E-state index in [-0.39, 0.29) is 17.2 Å². The standard InChI is InChI=1S/C12H14F3NO3S/c1-4-19-11(18)9-6(2)7(3)20-10(9)16-8(17)5-12(13,14)15/h4-5H2,1-3H3,(H,16,17). The Bertz CT molecular complexity index is 523. The van der Waals surface area contributed by atoms with Crippen LogP contribution in [0.4, 0.5) is 18.2 Å². The average Bonchev–Trinajstić information content (AvgIpc) is 2.51. The number of amides is 1. The molecular weight excluding hydrogens is 295 g/mol. The van der Waals surface area contributed by atoms with Crippen LogP contribution in [0.15, 0.2) is 0 Å². The van der Waals surface area contributed by atoms with Gasteiger partial charge in [0.25, 0.3) is 0 Å². The monoisotopic (exact) mass is 309 g/mol. The number of alkyl halides is 3. The Labute approximate surface area is 117 Å². The number of ether oxygens (including phenoxy) is 1. The Morgan fingerprint density at radius 2 is 1.90 bits per heavy atom. The molecule has 0 aliphatic heterocycles. The van der Waals surface area contributed by atoms with Crippen LogP contribution in [-0.4, -0.2) is 24.7 Å². The highest BCUT2D eigenvalue weighted by atomic mass is 32.1. The minimum absolute atomic E-state index is 0.0905. The third-order valence-electron chi connectivity index (χ3n) is 2.48. The third kappa shape index (κ3) is 4.22. The SMILES string of the molecule is CCOC(=O)c1c(NC(=O)CC(F)(F)F)sc(C)c1C. The van der Waals surface area contributed by atoms with Crippen molar-refractivity contribution in [2.45, 2.75) is 33.4 Å². The van der Waals surface area contributed by atoms with Crippen molar-refractivity contribution in [3.63, 3.8) is 0 Å². The van der Waals surface area contributed by atoms with Crippen molar-refractivity contribution >= 4 is 28.2 Å². The summed E-state index contributed by atoms with van der Waals surface area (Å²) in [6.07, 6.45) is -6.18. The molecule has 1 aromatic heterocycles. The molecule has 4 nitrogen and oxygen atoms in total. The summed E-state index contributed by atoms with van der Waals surface area (Å²) in [7, 11) is 0. The van der Waals surface area contributed by atoms with Crippen molar-refractivity contribution in [1.82, 2.24) is 0 Å². The van der Waals surface area contributed by atoms with Crippen molar-refractivity contribution in [2.75, 3.05) is 11.9 Å². The van der Waals surface area contributed by atoms with Gasteiger partial charge in [-0.25, -0.2) is 4.79 Å². The number of rotatable bonds is 4. The maximum Gasteiger partial charge on any atom is 0.397 e. The molecule has 0 atom stereocenters. The van der Waals surface area contributed by atoms with Crippen molar-refractivity contribution in [1.29, 1.82) is 0 Å². The number of carbonyl (C=O) groups excluding carboxylic acids is 2. The van der Waals surface area contributed by atoms with E-state index in [9.17, 15) is 22.8 Å². The second kappa shape index (κ2) is 6.25. The summed E-state index contributed by atoms with van der Waals surface area (Å²) in [6, 6.07) is 0. The lowest BCUT2D eigenvalue weighted by Crippen LogP contribution is -2.21. The van der Waals surface area contributed by atoms with E-state index in [0.29, 0.717) is 5.56 Å². The van der Waals surface area contributed by atoms with Gasteiger partial charge >= 0.3 is 12.1 Å². The lowest BCUT2D eigenvalue weighted by Gasteiger charge is -2.08. The Balaban J connectivity index is 2.98. The van der Waals surface area contributed by atoms with Crippen molar-refractivity contribution in [2.24, 2.45) is 0 Å². The number of hydrogen-bond acceptors (Lipinski definition) is 4. The molecule has 0 radical (unpaired) electrons. The number of thiophene rings is 1. The molecule has 0 fully saturated rings. The summed E-state index contributed by atoms with van der Waals surface area (Å²) >= 11 is 1.05. The van der Waals surface area contributed by atoms with E-state index in [1.807, 2.05) is 0 Å². The molecule has 1 amide bonds. The van der Waals surface area contributed by atoms with Crippen LogP contribution in [0.5, 0.6) is 0 Å². The number of hydrogen-bond donors (Lipinski definition) is 1. The van der Waals surface area contributed by atoms with Gasteiger partial charge in [-0.1, -0.05) is 0 Å². The van der Waals surface area contributed by atoms with Gasteiger partial charge in [0.1, 0.15) is 11.4 Å². The molecule has 1 N–H and O–H groups in total. The van der Waals surface area contributed by atoms with E-state index in [2.05, 4.69) is 5.32 Å². The van der Waals surface area contributed by atoms with E-state index < -0.39 is 24.5 Å². The van der Waals surface area contributed by atoms with Gasteiger partial charge in [-0.3, -0.25) is 4.79 Å². The Morgan fingerprint density at radius 3 is 2.40 bits per heavy atom. The molecule has 1 heterocycles. The van der Waals surface area contributed by atoms with Gasteiger partial charge < -0.3 is 10.1 Å². The highest BCUT2D eigenvalue weighted by Crippen LogP contribution is 2.33. The summed E-state index contributed by atoms with van der Waals surface area (Å²) in [4.78, 5) is 23.8. The van der Waals surface area contributed by atoms with Crippen LogP contribution in [0, 0.1) is 13.8 Å². The molecule has 0 unspecified atom stereocenters. The fourth-order valence-electron chi connectivity index (χ4n) is 1.52. The first-order valence-corrected chi connectivity index (χ1v) is 6.61. The highest BCUT2D eigenvalue weighted by Gasteiger charge is 2.32. The number of carbonyl (C=O) groups is 2. The van der Waals surface area contributed by atoms with Crippen LogP contribution in [0.1, 0.15) is 34.1 Å². The van der Waals surface area contributed by atoms with Crippen LogP contribution in [0.2, 0.25) is 0 Å². The topological polar surface area (TPSA) is 55.4 Å². The molecule has 0 aliphatic rings. The molecule has 0 bridgehead atoms. The summed E-state index contributed by atoms with van der Waals surface area (Å²) in [5.74, 6) is -1.86. The quantitative estimate of drug-likeness (QED) is 0.867. The molecule has 1 rings (SSSR count). The van der Waals surface area contributed by atoms with Crippen molar-refractivity contribution < 1.29 is 27.5 Å². The Kier molecular flexibility index (Phi) is 5.15. The molecule has 0 spiro atoms. The molecule has 20 heavy (non-hydrogen) atoms. The van der Waals surface area contributed by atoms with Crippen LogP contribution >= 0.6 is 11.3 Å². The summed E-state index contributed by atoms with van der Waals surface area (Å²) < 4.78 is 41.2. The number of nitrogens with one attached hydrogen (secondary N) is 1. The van der Waals surface area contributed by atoms with Crippen LogP contribution < -0.4 is 5.32 Å². The zero-order valence-corrected chi connectivity index (χ0v) is 12.0. The van der Waals surface area contributed by atoms with Gasteiger partial charge in [0.15, 0.2) is 0 Å². The lowest BCUT2D eigenvalue weighted by molar-refractivity contribution is -0.150. The molecular formula is C12H14F3NO3S. The molecule has 112 valence electrons. The number of aryl methyl sites for hydroxylation is 1. The predicted molar refractivity (Wildman–Crippen MR) is 69.1 cm³/mol. The molecule has 0 aliphatic carbocycles. The fraction of sp³-hybridized carbons (Fsp3) is 0.500. The normalized spacial score (nSPS) is 11.3. The first kappa shape index (κ1) is 16.5. The van der Waals surface area contributed by atoms with Crippen molar-refractivity contribution in [3.05, 3.63) is 16.0 Å². The average molecular weight is 309 g/mol. The van der Waals surface area contributed by atoms with Gasteiger partial charge in [-0.2, -0.15) is 13.2 Å². The second-order valence-electron chi connectivity index (χ2n) is 4.05. The molecule has 8 heteroatoms. The van der Waals surface area contributed by atoms with Crippen LogP contribution in [0.25, 0.3) is 0 Å². The van der Waals surface area contributed by atoms with Crippen LogP contribution in [-0.2, 0) is 9.53 Å². The van der Waals surface area contributed by atoms with Gasteiger partial charge in [0, 0.05) is 4.88 Å². The molecule has 0 aromatic carbocycles. The largest absolute Gasteiger partial charge is 0.462 e. The zero-order valence-electron chi connectivity index (χ0n) is 11.2. The Morgan fingerprint density at radius 1 is 1.30 bits per heavy atom. The Hall–Kier alpha value is -1.57. The van der Waals surface area contributed by atoms with Gasteiger partial charge in [0.05, 0.1) is 12.2 Å². The first-order chi connectivity index (χ1) is 9.15. The number of esters is 1. The van der Waals surface area contributed by atoms with E-state index in [4.69, 9.17) is 4.74 Å². The number of anilines is 1. The predicted octanol–water partition coefficient (Wildman–Crippen LogP) is 3.43. The highest BCUT2D eigenvalue weighted by molar-refractivity contribution is 7.16. The summed E-state index contributed by atoms with van der Waals surface area (Å²) in [5.41, 5.74) is 0.709. The van der Waals surface area contributed by atoms with E-state index in [1.54, 1.807) is 20.8 Å². The fourth-order valence-corrected chi connectivity index (χ4v) is 2.58. The van der Waals surface area contributed by atoms with Gasteiger partial charge in [-0.15, -0.1) is 11.3 Å². The van der Waals surface area contributed by atoms with E-state index in [0.717, 1.165) is 16.2 Å². The zero-order chi connectivity index (χ0) is 15.5. The first-order valence-electron chi connectivity index (χ1n) is 5.79. The van der Waals surface area contributed by atoms with Gasteiger partial charge in [0.2, 0.25) is 5.91 Å².